The summed E-state index contributed by atoms with van der Waals surface area (Å²) in [5.74, 6) is -0.477. The summed E-state index contributed by atoms with van der Waals surface area (Å²) in [6.45, 7) is 2.31. The predicted octanol–water partition coefficient (Wildman–Crippen LogP) is 1.61. The Kier molecular flexibility index (Phi) is 5.99. The SMILES string of the molecule is CCCNC(=O)Cn1nnc(CO)c1/C=C/c1ccc(F)cc1. The highest BCUT2D eigenvalue weighted by molar-refractivity contribution is 5.76. The smallest absolute Gasteiger partial charge is 0.241 e. The summed E-state index contributed by atoms with van der Waals surface area (Å²) in [6, 6.07) is 5.99. The minimum atomic E-state index is -0.308. The fourth-order valence-electron chi connectivity index (χ4n) is 1.97. The summed E-state index contributed by atoms with van der Waals surface area (Å²) >= 11 is 0. The molecule has 1 aromatic carbocycles. The average Bonchev–Trinajstić information content (AvgIpc) is 2.94. The fraction of sp³-hybridized carbons (Fsp3) is 0.312. The Morgan fingerprint density at radius 1 is 1.35 bits per heavy atom. The average molecular weight is 318 g/mol. The third-order valence-corrected chi connectivity index (χ3v) is 3.17. The molecule has 0 saturated heterocycles. The molecule has 0 spiro atoms. The van der Waals surface area contributed by atoms with Gasteiger partial charge in [0.2, 0.25) is 5.91 Å². The molecule has 0 aliphatic rings. The van der Waals surface area contributed by atoms with Crippen molar-refractivity contribution in [3.8, 4) is 0 Å². The molecule has 0 fully saturated rings. The Hall–Kier alpha value is -2.54. The number of aromatic nitrogens is 3. The predicted molar refractivity (Wildman–Crippen MR) is 84.6 cm³/mol. The summed E-state index contributed by atoms with van der Waals surface area (Å²) < 4.78 is 14.3. The lowest BCUT2D eigenvalue weighted by Gasteiger charge is -2.05. The van der Waals surface area contributed by atoms with Crippen LogP contribution >= 0.6 is 0 Å². The van der Waals surface area contributed by atoms with E-state index in [0.29, 0.717) is 17.9 Å². The Labute approximate surface area is 133 Å². The highest BCUT2D eigenvalue weighted by atomic mass is 19.1. The third-order valence-electron chi connectivity index (χ3n) is 3.17. The van der Waals surface area contributed by atoms with E-state index in [0.717, 1.165) is 12.0 Å². The third kappa shape index (κ3) is 4.72. The van der Waals surface area contributed by atoms with E-state index in [4.69, 9.17) is 0 Å². The standard InChI is InChI=1S/C16H19FN4O2/c1-2-9-18-16(23)10-21-15(14(11-22)19-20-21)8-5-12-3-6-13(17)7-4-12/h3-8,22H,2,9-11H2,1H3,(H,18,23)/b8-5+. The van der Waals surface area contributed by atoms with Crippen LogP contribution in [0.25, 0.3) is 12.2 Å². The van der Waals surface area contributed by atoms with Crippen LogP contribution in [0.3, 0.4) is 0 Å². The second kappa shape index (κ2) is 8.19. The van der Waals surface area contributed by atoms with Crippen LogP contribution in [0.2, 0.25) is 0 Å². The van der Waals surface area contributed by atoms with Crippen LogP contribution < -0.4 is 5.32 Å². The van der Waals surface area contributed by atoms with Crippen molar-refractivity contribution < 1.29 is 14.3 Å². The molecule has 0 aliphatic heterocycles. The molecule has 0 unspecified atom stereocenters. The van der Waals surface area contributed by atoms with Crippen molar-refractivity contribution in [2.45, 2.75) is 26.5 Å². The van der Waals surface area contributed by atoms with Gasteiger partial charge in [-0.2, -0.15) is 0 Å². The van der Waals surface area contributed by atoms with Crippen LogP contribution in [0, 0.1) is 5.82 Å². The highest BCUT2D eigenvalue weighted by Gasteiger charge is 2.12. The molecule has 1 amide bonds. The van der Waals surface area contributed by atoms with Crippen molar-refractivity contribution in [2.75, 3.05) is 6.54 Å². The Bertz CT molecular complexity index is 680. The van der Waals surface area contributed by atoms with Crippen LogP contribution in [-0.2, 0) is 17.9 Å². The van der Waals surface area contributed by atoms with Crippen LogP contribution in [-0.4, -0.2) is 32.6 Å². The molecule has 1 aromatic heterocycles. The van der Waals surface area contributed by atoms with Crippen molar-refractivity contribution in [1.29, 1.82) is 0 Å². The largest absolute Gasteiger partial charge is 0.390 e. The zero-order chi connectivity index (χ0) is 16.7. The number of amides is 1. The number of rotatable bonds is 7. The summed E-state index contributed by atoms with van der Waals surface area (Å²) in [5.41, 5.74) is 1.72. The molecule has 0 atom stereocenters. The van der Waals surface area contributed by atoms with E-state index in [2.05, 4.69) is 15.6 Å². The van der Waals surface area contributed by atoms with Gasteiger partial charge in [-0.25, -0.2) is 9.07 Å². The maximum absolute atomic E-state index is 12.9. The van der Waals surface area contributed by atoms with Gasteiger partial charge in [0.1, 0.15) is 18.1 Å². The molecule has 1 heterocycles. The molecule has 6 nitrogen and oxygen atoms in total. The van der Waals surface area contributed by atoms with E-state index in [1.54, 1.807) is 24.3 Å². The number of aliphatic hydroxyl groups excluding tert-OH is 1. The van der Waals surface area contributed by atoms with Gasteiger partial charge in [0.05, 0.1) is 12.3 Å². The van der Waals surface area contributed by atoms with Gasteiger partial charge in [0.25, 0.3) is 0 Å². The summed E-state index contributed by atoms with van der Waals surface area (Å²) in [5, 5.41) is 19.9. The molecule has 23 heavy (non-hydrogen) atoms. The minimum Gasteiger partial charge on any atom is -0.390 e. The van der Waals surface area contributed by atoms with E-state index in [1.807, 2.05) is 6.92 Å². The lowest BCUT2D eigenvalue weighted by molar-refractivity contribution is -0.121. The number of nitrogens with zero attached hydrogens (tertiary/aromatic N) is 3. The molecule has 2 rings (SSSR count). The molecule has 2 N–H and O–H groups in total. The number of carbonyl (C=O) groups is 1. The first-order valence-corrected chi connectivity index (χ1v) is 7.37. The zero-order valence-corrected chi connectivity index (χ0v) is 12.9. The van der Waals surface area contributed by atoms with Gasteiger partial charge >= 0.3 is 0 Å². The topological polar surface area (TPSA) is 80.0 Å². The molecule has 7 heteroatoms. The quantitative estimate of drug-likeness (QED) is 0.813. The van der Waals surface area contributed by atoms with Crippen LogP contribution in [0.4, 0.5) is 4.39 Å². The lowest BCUT2D eigenvalue weighted by Crippen LogP contribution is -2.29. The summed E-state index contributed by atoms with van der Waals surface area (Å²) in [7, 11) is 0. The Balaban J connectivity index is 2.17. The normalized spacial score (nSPS) is 11.1. The first-order valence-electron chi connectivity index (χ1n) is 7.37. The molecular weight excluding hydrogens is 299 g/mol. The van der Waals surface area contributed by atoms with Crippen LogP contribution in [0.5, 0.6) is 0 Å². The van der Waals surface area contributed by atoms with E-state index < -0.39 is 0 Å². The van der Waals surface area contributed by atoms with Crippen molar-refractivity contribution in [1.82, 2.24) is 20.3 Å². The molecule has 0 radical (unpaired) electrons. The maximum Gasteiger partial charge on any atom is 0.241 e. The number of benzene rings is 1. The van der Waals surface area contributed by atoms with Crippen molar-refractivity contribution in [3.63, 3.8) is 0 Å². The number of aliphatic hydroxyl groups is 1. The van der Waals surface area contributed by atoms with E-state index in [9.17, 15) is 14.3 Å². The molecular formula is C16H19FN4O2. The van der Waals surface area contributed by atoms with Gasteiger partial charge in [-0.1, -0.05) is 30.3 Å². The second-order valence-electron chi connectivity index (χ2n) is 4.97. The summed E-state index contributed by atoms with van der Waals surface area (Å²) in [6.07, 6.45) is 4.30. The van der Waals surface area contributed by atoms with Gasteiger partial charge in [-0.05, 0) is 30.2 Å². The fourth-order valence-corrected chi connectivity index (χ4v) is 1.97. The van der Waals surface area contributed by atoms with Gasteiger partial charge in [-0.3, -0.25) is 4.79 Å². The zero-order valence-electron chi connectivity index (χ0n) is 12.9. The minimum absolute atomic E-state index is 0.0239. The van der Waals surface area contributed by atoms with E-state index in [-0.39, 0.29) is 24.9 Å². The lowest BCUT2D eigenvalue weighted by atomic mass is 10.2. The number of hydrogen-bond acceptors (Lipinski definition) is 4. The van der Waals surface area contributed by atoms with Crippen molar-refractivity contribution in [3.05, 3.63) is 47.0 Å². The molecule has 2 aromatic rings. The van der Waals surface area contributed by atoms with Gasteiger partial charge < -0.3 is 10.4 Å². The van der Waals surface area contributed by atoms with E-state index in [1.165, 1.54) is 16.8 Å². The van der Waals surface area contributed by atoms with Crippen molar-refractivity contribution in [2.24, 2.45) is 0 Å². The first kappa shape index (κ1) is 16.8. The summed E-state index contributed by atoms with van der Waals surface area (Å²) in [4.78, 5) is 11.8. The molecule has 122 valence electrons. The second-order valence-corrected chi connectivity index (χ2v) is 4.97. The maximum atomic E-state index is 12.9. The first-order chi connectivity index (χ1) is 11.1. The monoisotopic (exact) mass is 318 g/mol. The number of halogens is 1. The van der Waals surface area contributed by atoms with Crippen LogP contribution in [0.15, 0.2) is 24.3 Å². The molecule has 0 saturated carbocycles. The number of nitrogens with one attached hydrogen (secondary N) is 1. The van der Waals surface area contributed by atoms with Crippen LogP contribution in [0.1, 0.15) is 30.3 Å². The molecule has 0 aliphatic carbocycles. The highest BCUT2D eigenvalue weighted by Crippen LogP contribution is 2.12. The molecule has 0 bridgehead atoms. The Morgan fingerprint density at radius 2 is 2.09 bits per heavy atom. The van der Waals surface area contributed by atoms with Gasteiger partial charge in [-0.15, -0.1) is 5.10 Å². The number of carbonyl (C=O) groups excluding carboxylic acids is 1. The van der Waals surface area contributed by atoms with E-state index >= 15 is 0 Å². The van der Waals surface area contributed by atoms with Crippen molar-refractivity contribution >= 4 is 18.1 Å². The van der Waals surface area contributed by atoms with Gasteiger partial charge in [0, 0.05) is 6.54 Å². The number of hydrogen-bond donors (Lipinski definition) is 2. The van der Waals surface area contributed by atoms with Gasteiger partial charge in [0.15, 0.2) is 0 Å². The Morgan fingerprint density at radius 3 is 2.74 bits per heavy atom.